The number of aliphatic carboxylic acids is 1. The summed E-state index contributed by atoms with van der Waals surface area (Å²) in [5.74, 6) is -3.51. The van der Waals surface area contributed by atoms with E-state index in [-0.39, 0.29) is 23.7 Å². The Kier molecular flexibility index (Phi) is 7.34. The van der Waals surface area contributed by atoms with Crippen molar-refractivity contribution in [3.8, 4) is 40.0 Å². The molecular weight excluding hydrogens is 542 g/mol. The molecule has 0 spiro atoms. The van der Waals surface area contributed by atoms with Crippen LogP contribution in [-0.2, 0) is 11.0 Å². The van der Waals surface area contributed by atoms with E-state index in [9.17, 15) is 31.4 Å². The summed E-state index contributed by atoms with van der Waals surface area (Å²) in [5.41, 5.74) is 5.45. The largest absolute Gasteiger partial charge is 0.491 e. The van der Waals surface area contributed by atoms with Crippen molar-refractivity contribution in [2.45, 2.75) is 24.5 Å². The molecule has 1 aliphatic heterocycles. The van der Waals surface area contributed by atoms with E-state index in [1.807, 2.05) is 0 Å². The van der Waals surface area contributed by atoms with Crippen LogP contribution in [0.1, 0.15) is 17.2 Å². The Balaban J connectivity index is 0.000000448. The summed E-state index contributed by atoms with van der Waals surface area (Å²) in [4.78, 5) is 13.0. The van der Waals surface area contributed by atoms with Crippen LogP contribution < -0.4 is 10.5 Å². The normalized spacial score (nSPS) is 17.0. The number of aromatic nitrogens is 3. The van der Waals surface area contributed by atoms with Crippen molar-refractivity contribution < 1.29 is 55.1 Å². The van der Waals surface area contributed by atoms with Gasteiger partial charge >= 0.3 is 18.3 Å². The number of carboxylic acids is 1. The molecule has 3 heterocycles. The third-order valence-electron chi connectivity index (χ3n) is 5.31. The van der Waals surface area contributed by atoms with Gasteiger partial charge in [0, 0.05) is 16.7 Å². The number of ether oxygens (including phenoxy) is 1. The lowest BCUT2D eigenvalue weighted by molar-refractivity contribution is -0.192. The van der Waals surface area contributed by atoms with Gasteiger partial charge in [-0.15, -0.1) is 0 Å². The standard InChI is InChI=1S/C21H15F3N4O4.C2HF3O2/c22-21(23,24)15-16(10-4-2-1-3-5-10)27-31-18(15)20-26-19(28-32-20)11-6-7-12-14(8-11)30-9-13(25)17(12)29;3-2(4,5)1(6)7/h1-8,13,17,29H,9,25H2;(H,6,7)/t13-,17+;/m0./s1. The van der Waals surface area contributed by atoms with Gasteiger partial charge < -0.3 is 29.7 Å². The van der Waals surface area contributed by atoms with Crippen molar-refractivity contribution in [2.24, 2.45) is 5.73 Å². The predicted octanol–water partition coefficient (Wildman–Crippen LogP) is 4.46. The number of nitrogens with zero attached hydrogens (tertiary/aromatic N) is 3. The van der Waals surface area contributed by atoms with E-state index in [1.54, 1.807) is 36.4 Å². The molecule has 39 heavy (non-hydrogen) atoms. The summed E-state index contributed by atoms with van der Waals surface area (Å²) in [7, 11) is 0. The Labute approximate surface area is 213 Å². The van der Waals surface area contributed by atoms with Gasteiger partial charge in [-0.3, -0.25) is 0 Å². The van der Waals surface area contributed by atoms with Gasteiger partial charge in [-0.1, -0.05) is 52.8 Å². The highest BCUT2D eigenvalue weighted by atomic mass is 19.4. The molecule has 0 aliphatic carbocycles. The van der Waals surface area contributed by atoms with E-state index in [4.69, 9.17) is 29.4 Å². The molecular formula is C23H16F6N4O6. The van der Waals surface area contributed by atoms with Crippen molar-refractivity contribution in [3.63, 3.8) is 0 Å². The Morgan fingerprint density at radius 3 is 2.26 bits per heavy atom. The van der Waals surface area contributed by atoms with E-state index in [2.05, 4.69) is 15.3 Å². The lowest BCUT2D eigenvalue weighted by atomic mass is 9.98. The molecule has 1 aliphatic rings. The lowest BCUT2D eigenvalue weighted by Gasteiger charge is -2.27. The second kappa shape index (κ2) is 10.4. The van der Waals surface area contributed by atoms with Crippen LogP contribution >= 0.6 is 0 Å². The molecule has 16 heteroatoms. The molecule has 0 fully saturated rings. The summed E-state index contributed by atoms with van der Waals surface area (Å²) in [6.07, 6.45) is -10.8. The molecule has 2 aromatic heterocycles. The number of carboxylic acid groups (broad SMARTS) is 1. The predicted molar refractivity (Wildman–Crippen MR) is 118 cm³/mol. The topological polar surface area (TPSA) is 158 Å². The quantitative estimate of drug-likeness (QED) is 0.307. The van der Waals surface area contributed by atoms with E-state index in [0.717, 1.165) is 0 Å². The number of nitrogens with two attached hydrogens (primary N) is 1. The van der Waals surface area contributed by atoms with Gasteiger partial charge in [-0.25, -0.2) is 4.79 Å². The maximum absolute atomic E-state index is 13.9. The number of hydrogen-bond donors (Lipinski definition) is 3. The van der Waals surface area contributed by atoms with Crippen LogP contribution in [0.4, 0.5) is 26.3 Å². The summed E-state index contributed by atoms with van der Waals surface area (Å²) < 4.78 is 88.9. The number of halogens is 6. The van der Waals surface area contributed by atoms with Crippen LogP contribution in [0.5, 0.6) is 5.75 Å². The highest BCUT2D eigenvalue weighted by Crippen LogP contribution is 2.43. The van der Waals surface area contributed by atoms with Crippen LogP contribution in [0.3, 0.4) is 0 Å². The van der Waals surface area contributed by atoms with Gasteiger partial charge in [0.15, 0.2) is 0 Å². The SMILES string of the molecule is N[C@H]1COc2cc(-c3noc(-c4onc(-c5ccccc5)c4C(F)(F)F)n3)ccc2[C@H]1O.O=C(O)C(F)(F)F. The Morgan fingerprint density at radius 1 is 0.974 bits per heavy atom. The highest BCUT2D eigenvalue weighted by Gasteiger charge is 2.43. The fourth-order valence-electron chi connectivity index (χ4n) is 3.48. The minimum Gasteiger partial charge on any atom is -0.491 e. The summed E-state index contributed by atoms with van der Waals surface area (Å²) in [6, 6.07) is 12.0. The first kappa shape index (κ1) is 27.6. The van der Waals surface area contributed by atoms with Crippen LogP contribution in [-0.4, -0.2) is 50.3 Å². The maximum atomic E-state index is 13.9. The zero-order chi connectivity index (χ0) is 28.5. The Hall–Kier alpha value is -4.44. The average Bonchev–Trinajstić information content (AvgIpc) is 3.54. The molecule has 0 saturated carbocycles. The summed E-state index contributed by atoms with van der Waals surface area (Å²) >= 11 is 0. The molecule has 0 radical (unpaired) electrons. The van der Waals surface area contributed by atoms with Crippen molar-refractivity contribution in [1.29, 1.82) is 0 Å². The number of hydrogen-bond acceptors (Lipinski definition) is 9. The van der Waals surface area contributed by atoms with E-state index in [0.29, 0.717) is 16.9 Å². The monoisotopic (exact) mass is 558 g/mol. The van der Waals surface area contributed by atoms with Gasteiger partial charge in [0.05, 0.1) is 6.04 Å². The fraction of sp³-hybridized carbons (Fsp3) is 0.217. The third kappa shape index (κ3) is 5.85. The average molecular weight is 558 g/mol. The van der Waals surface area contributed by atoms with Crippen LogP contribution in [0.2, 0.25) is 0 Å². The van der Waals surface area contributed by atoms with Gasteiger partial charge in [0.2, 0.25) is 11.6 Å². The molecule has 2 aromatic carbocycles. The fourth-order valence-corrected chi connectivity index (χ4v) is 3.48. The van der Waals surface area contributed by atoms with Crippen molar-refractivity contribution in [3.05, 3.63) is 59.7 Å². The lowest BCUT2D eigenvalue weighted by Crippen LogP contribution is -2.38. The number of benzene rings is 2. The van der Waals surface area contributed by atoms with E-state index < -0.39 is 47.7 Å². The Morgan fingerprint density at radius 2 is 1.64 bits per heavy atom. The summed E-state index contributed by atoms with van der Waals surface area (Å²) in [6.45, 7) is 0.115. The van der Waals surface area contributed by atoms with Crippen LogP contribution in [0, 0.1) is 0 Å². The van der Waals surface area contributed by atoms with E-state index in [1.165, 1.54) is 12.1 Å². The molecule has 0 bridgehead atoms. The van der Waals surface area contributed by atoms with Gasteiger partial charge in [-0.05, 0) is 6.07 Å². The number of rotatable bonds is 3. The Bertz CT molecular complexity index is 1470. The number of aliphatic hydroxyl groups is 1. The van der Waals surface area contributed by atoms with Crippen LogP contribution in [0.15, 0.2) is 57.6 Å². The molecule has 0 unspecified atom stereocenters. The smallest absolute Gasteiger partial charge is 0.490 e. The number of carbonyl (C=O) groups is 1. The summed E-state index contributed by atoms with van der Waals surface area (Å²) in [5, 5.41) is 24.7. The maximum Gasteiger partial charge on any atom is 0.490 e. The molecule has 0 amide bonds. The number of fused-ring (bicyclic) bond motifs is 1. The molecule has 2 atom stereocenters. The first-order valence-corrected chi connectivity index (χ1v) is 10.7. The van der Waals surface area contributed by atoms with Crippen LogP contribution in [0.25, 0.3) is 34.3 Å². The van der Waals surface area contributed by atoms with Crippen molar-refractivity contribution in [2.75, 3.05) is 6.61 Å². The second-order valence-electron chi connectivity index (χ2n) is 8.00. The molecule has 4 aromatic rings. The van der Waals surface area contributed by atoms with Gasteiger partial charge in [0.25, 0.3) is 5.89 Å². The first-order chi connectivity index (χ1) is 18.3. The molecule has 5 rings (SSSR count). The minimum atomic E-state index is -5.08. The zero-order valence-corrected chi connectivity index (χ0v) is 19.2. The van der Waals surface area contributed by atoms with Gasteiger partial charge in [0.1, 0.15) is 29.7 Å². The first-order valence-electron chi connectivity index (χ1n) is 10.7. The second-order valence-corrected chi connectivity index (χ2v) is 8.00. The third-order valence-corrected chi connectivity index (χ3v) is 5.31. The van der Waals surface area contributed by atoms with Crippen molar-refractivity contribution >= 4 is 5.97 Å². The van der Waals surface area contributed by atoms with Gasteiger partial charge in [-0.2, -0.15) is 31.3 Å². The number of alkyl halides is 6. The molecule has 0 saturated heterocycles. The molecule has 10 nitrogen and oxygen atoms in total. The number of aliphatic hydroxyl groups excluding tert-OH is 1. The molecule has 206 valence electrons. The molecule has 4 N–H and O–H groups in total. The van der Waals surface area contributed by atoms with E-state index >= 15 is 0 Å². The van der Waals surface area contributed by atoms with Crippen molar-refractivity contribution in [1.82, 2.24) is 15.3 Å². The zero-order valence-electron chi connectivity index (χ0n) is 19.2. The minimum absolute atomic E-state index is 0.0153. The highest BCUT2D eigenvalue weighted by molar-refractivity contribution is 5.73.